The molecular weight excluding hydrogens is 697 g/mol. The summed E-state index contributed by atoms with van der Waals surface area (Å²) < 4.78 is 11.9. The lowest BCUT2D eigenvalue weighted by molar-refractivity contribution is 0.671. The second-order valence-electron chi connectivity index (χ2n) is 15.3. The van der Waals surface area contributed by atoms with E-state index in [4.69, 9.17) is 14.4 Å². The van der Waals surface area contributed by atoms with Crippen LogP contribution >= 0.6 is 0 Å². The lowest BCUT2D eigenvalue weighted by Crippen LogP contribution is -2.04. The van der Waals surface area contributed by atoms with Gasteiger partial charge in [-0.15, -0.1) is 0 Å². The monoisotopic (exact) mass is 724 g/mol. The van der Waals surface area contributed by atoms with E-state index in [0.29, 0.717) is 0 Å². The summed E-state index contributed by atoms with van der Waals surface area (Å²) >= 11 is 0. The summed E-state index contributed by atoms with van der Waals surface area (Å²) in [4.78, 5) is 11.2. The largest absolute Gasteiger partial charge is 0.454 e. The van der Waals surface area contributed by atoms with Crippen molar-refractivity contribution in [3.63, 3.8) is 0 Å². The fraction of sp³-hybridized carbons (Fsp3) is 0. The maximum Gasteiger partial charge on any atom is 0.165 e. The number of hydrogen-bond donors (Lipinski definition) is 0. The zero-order chi connectivity index (χ0) is 36.9. The van der Waals surface area contributed by atoms with Crippen molar-refractivity contribution < 1.29 is 4.42 Å². The van der Waals surface area contributed by atoms with Crippen molar-refractivity contribution >= 4 is 114 Å². The van der Waals surface area contributed by atoms with E-state index in [1.165, 1.54) is 48.7 Å². The summed E-state index contributed by atoms with van der Waals surface area (Å²) in [5.41, 5.74) is 10.8. The van der Waals surface area contributed by atoms with E-state index < -0.39 is 0 Å². The minimum absolute atomic E-state index is 0.767. The first-order valence-electron chi connectivity index (χ1n) is 19.4. The molecule has 262 valence electrons. The second-order valence-corrected chi connectivity index (χ2v) is 15.3. The molecule has 5 heterocycles. The molecule has 0 fully saturated rings. The maximum absolute atomic E-state index is 7.02. The van der Waals surface area contributed by atoms with E-state index in [1.54, 1.807) is 0 Å². The van der Waals surface area contributed by atoms with Gasteiger partial charge in [0.1, 0.15) is 16.8 Å². The molecule has 0 spiro atoms. The van der Waals surface area contributed by atoms with Gasteiger partial charge < -0.3 is 8.82 Å². The summed E-state index contributed by atoms with van der Waals surface area (Å²) in [6.45, 7) is 0. The van der Waals surface area contributed by atoms with Gasteiger partial charge in [0.2, 0.25) is 0 Å². The van der Waals surface area contributed by atoms with E-state index in [9.17, 15) is 0 Å². The predicted molar refractivity (Wildman–Crippen MR) is 236 cm³/mol. The van der Waals surface area contributed by atoms with Gasteiger partial charge in [0, 0.05) is 48.7 Å². The fourth-order valence-corrected chi connectivity index (χ4v) is 9.96. The first-order valence-corrected chi connectivity index (χ1v) is 19.4. The van der Waals surface area contributed by atoms with E-state index in [1.807, 2.05) is 0 Å². The first-order chi connectivity index (χ1) is 28.3. The molecule has 14 aromatic rings. The van der Waals surface area contributed by atoms with Gasteiger partial charge in [-0.1, -0.05) is 133 Å². The lowest BCUT2D eigenvalue weighted by atomic mass is 10.0. The average molecular weight is 725 g/mol. The van der Waals surface area contributed by atoms with Crippen molar-refractivity contribution in [3.8, 4) is 17.1 Å². The number of para-hydroxylation sites is 2. The molecule has 0 saturated heterocycles. The zero-order valence-electron chi connectivity index (χ0n) is 30.4. The Hall–Kier alpha value is -7.76. The summed E-state index contributed by atoms with van der Waals surface area (Å²) in [7, 11) is 0. The van der Waals surface area contributed by atoms with Crippen LogP contribution in [0, 0.1) is 0 Å². The molecule has 0 aliphatic heterocycles. The molecule has 0 atom stereocenters. The summed E-state index contributed by atoms with van der Waals surface area (Å²) in [5.74, 6) is 0.767. The van der Waals surface area contributed by atoms with Gasteiger partial charge in [0.15, 0.2) is 11.4 Å². The molecule has 14 rings (SSSR count). The van der Waals surface area contributed by atoms with E-state index in [0.717, 1.165) is 82.8 Å². The standard InChI is InChI=1S/C52H28N4O/c1-2-13-30(14-3-1)47-52(54-48-33-17-7-6-12-29(33)24-25-40(48)53-47)56-41-22-11-19-35-36-20-10-21-37-38-26-31-15-4-5-16-32(31)27-42(38)55(49(36)37)43-28-39-34-18-8-9-23-44(34)57-51(39)50(56)46(43)45(35)41/h1-28H. The van der Waals surface area contributed by atoms with Gasteiger partial charge in [-0.3, -0.25) is 4.57 Å². The highest BCUT2D eigenvalue weighted by molar-refractivity contribution is 6.35. The van der Waals surface area contributed by atoms with Crippen LogP contribution in [0.1, 0.15) is 0 Å². The fourth-order valence-electron chi connectivity index (χ4n) is 9.96. The second kappa shape index (κ2) is 10.5. The van der Waals surface area contributed by atoms with Gasteiger partial charge in [0.25, 0.3) is 0 Å². The van der Waals surface area contributed by atoms with Crippen molar-refractivity contribution in [2.75, 3.05) is 0 Å². The van der Waals surface area contributed by atoms with Crippen molar-refractivity contribution in [2.45, 2.75) is 0 Å². The van der Waals surface area contributed by atoms with Crippen LogP contribution < -0.4 is 0 Å². The third-order valence-electron chi connectivity index (χ3n) is 12.4. The quantitative estimate of drug-likeness (QED) is 0.167. The molecule has 0 unspecified atom stereocenters. The van der Waals surface area contributed by atoms with Crippen LogP contribution in [0.3, 0.4) is 0 Å². The van der Waals surface area contributed by atoms with Gasteiger partial charge in [-0.05, 0) is 57.9 Å². The van der Waals surface area contributed by atoms with Gasteiger partial charge in [0.05, 0.1) is 33.1 Å². The Kier molecular flexibility index (Phi) is 5.45. The number of benzene rings is 9. The number of hydrogen-bond acceptors (Lipinski definition) is 3. The Balaban J connectivity index is 1.30. The average Bonchev–Trinajstić information content (AvgIpc) is 3.90. The van der Waals surface area contributed by atoms with E-state index in [-0.39, 0.29) is 0 Å². The number of aromatic nitrogens is 4. The topological polar surface area (TPSA) is 48.3 Å². The normalized spacial score (nSPS) is 12.6. The third kappa shape index (κ3) is 3.73. The number of nitrogens with zero attached hydrogens (tertiary/aromatic N) is 4. The van der Waals surface area contributed by atoms with Crippen molar-refractivity contribution in [3.05, 3.63) is 170 Å². The van der Waals surface area contributed by atoms with E-state index in [2.05, 4.69) is 179 Å². The molecule has 0 aliphatic rings. The van der Waals surface area contributed by atoms with Crippen LogP contribution in [0.4, 0.5) is 0 Å². The summed E-state index contributed by atoms with van der Waals surface area (Å²) in [6.07, 6.45) is 0. The highest BCUT2D eigenvalue weighted by Crippen LogP contribution is 2.49. The molecule has 5 aromatic heterocycles. The minimum atomic E-state index is 0.767. The Morgan fingerprint density at radius 2 is 1.12 bits per heavy atom. The predicted octanol–water partition coefficient (Wildman–Crippen LogP) is 13.7. The molecule has 0 amide bonds. The zero-order valence-corrected chi connectivity index (χ0v) is 30.4. The summed E-state index contributed by atoms with van der Waals surface area (Å²) in [5, 5.41) is 14.0. The summed E-state index contributed by atoms with van der Waals surface area (Å²) in [6, 6.07) is 60.9. The highest BCUT2D eigenvalue weighted by Gasteiger charge is 2.28. The van der Waals surface area contributed by atoms with Crippen LogP contribution in [0.5, 0.6) is 0 Å². The van der Waals surface area contributed by atoms with Crippen LogP contribution in [0.25, 0.3) is 131 Å². The number of furan rings is 1. The first kappa shape index (κ1) is 29.6. The molecule has 0 saturated carbocycles. The maximum atomic E-state index is 7.02. The molecule has 0 N–H and O–H groups in total. The third-order valence-corrected chi connectivity index (χ3v) is 12.4. The van der Waals surface area contributed by atoms with Crippen LogP contribution in [-0.2, 0) is 0 Å². The van der Waals surface area contributed by atoms with Crippen LogP contribution in [-0.4, -0.2) is 18.9 Å². The number of fused-ring (bicyclic) bond motifs is 13. The van der Waals surface area contributed by atoms with E-state index >= 15 is 0 Å². The minimum Gasteiger partial charge on any atom is -0.454 e. The Morgan fingerprint density at radius 1 is 0.421 bits per heavy atom. The Morgan fingerprint density at radius 3 is 2.00 bits per heavy atom. The van der Waals surface area contributed by atoms with Crippen molar-refractivity contribution in [1.29, 1.82) is 0 Å². The molecule has 5 heteroatoms. The molecular formula is C52H28N4O. The molecule has 57 heavy (non-hydrogen) atoms. The smallest absolute Gasteiger partial charge is 0.165 e. The molecule has 0 radical (unpaired) electrons. The van der Waals surface area contributed by atoms with Crippen molar-refractivity contribution in [1.82, 2.24) is 18.9 Å². The highest BCUT2D eigenvalue weighted by atomic mass is 16.3. The Labute approximate surface area is 323 Å². The lowest BCUT2D eigenvalue weighted by Gasteiger charge is -2.15. The van der Waals surface area contributed by atoms with Gasteiger partial charge in [-0.25, -0.2) is 9.97 Å². The van der Waals surface area contributed by atoms with Crippen molar-refractivity contribution in [2.24, 2.45) is 0 Å². The molecule has 5 nitrogen and oxygen atoms in total. The van der Waals surface area contributed by atoms with Gasteiger partial charge >= 0.3 is 0 Å². The Bertz CT molecular complexity index is 4040. The van der Waals surface area contributed by atoms with Crippen LogP contribution in [0.2, 0.25) is 0 Å². The SMILES string of the molecule is c1ccc(-c2nc3ccc4ccccc4c3nc2-n2c3cccc4c5cccc6c7cc8ccccc8cc7n(c7cc8c9ccccc9oc8c2c7c43)c56)cc1. The molecule has 9 aromatic carbocycles. The molecule has 0 aliphatic carbocycles. The van der Waals surface area contributed by atoms with Crippen LogP contribution in [0.15, 0.2) is 174 Å². The molecule has 0 bridgehead atoms. The number of rotatable bonds is 2. The van der Waals surface area contributed by atoms with Gasteiger partial charge in [-0.2, -0.15) is 0 Å².